The molecule has 0 saturated heterocycles. The maximum absolute atomic E-state index is 14.3. The van der Waals surface area contributed by atoms with Gasteiger partial charge in [-0.3, -0.25) is 9.59 Å². The second kappa shape index (κ2) is 14.0. The molecule has 7 nitrogen and oxygen atoms in total. The number of aryl methyl sites for hydroxylation is 1. The minimum Gasteiger partial charge on any atom is -0.444 e. The predicted octanol–water partition coefficient (Wildman–Crippen LogP) is 7.07. The van der Waals surface area contributed by atoms with Crippen molar-refractivity contribution in [2.75, 3.05) is 11.9 Å². The van der Waals surface area contributed by atoms with E-state index in [2.05, 4.69) is 17.6 Å². The largest absolute Gasteiger partial charge is 0.444 e. The van der Waals surface area contributed by atoms with E-state index in [0.717, 1.165) is 28.3 Å². The molecule has 7 heteroatoms. The highest BCUT2D eigenvalue weighted by atomic mass is 16.6. The molecule has 0 saturated carbocycles. The van der Waals surface area contributed by atoms with E-state index in [4.69, 9.17) is 4.74 Å². The quantitative estimate of drug-likeness (QED) is 0.210. The zero-order chi connectivity index (χ0) is 31.0. The molecule has 0 radical (unpaired) electrons. The van der Waals surface area contributed by atoms with E-state index in [-0.39, 0.29) is 24.8 Å². The molecule has 3 amide bonds. The molecule has 0 spiro atoms. The Morgan fingerprint density at radius 3 is 2.07 bits per heavy atom. The number of carbonyl (C=O) groups is 3. The molecule has 0 aliphatic carbocycles. The van der Waals surface area contributed by atoms with Gasteiger partial charge in [-0.2, -0.15) is 0 Å². The van der Waals surface area contributed by atoms with E-state index in [1.807, 2.05) is 104 Å². The smallest absolute Gasteiger partial charge is 0.408 e. The first-order valence-corrected chi connectivity index (χ1v) is 14.8. The van der Waals surface area contributed by atoms with Gasteiger partial charge in [0.25, 0.3) is 5.91 Å². The van der Waals surface area contributed by atoms with Crippen molar-refractivity contribution in [2.24, 2.45) is 0 Å². The molecule has 0 aromatic heterocycles. The molecule has 4 aromatic carbocycles. The van der Waals surface area contributed by atoms with Crippen LogP contribution in [0.15, 0.2) is 97.1 Å². The van der Waals surface area contributed by atoms with Gasteiger partial charge in [0.2, 0.25) is 5.91 Å². The number of carbonyl (C=O) groups excluding carboxylic acids is 3. The average Bonchev–Trinajstić information content (AvgIpc) is 2.98. The zero-order valence-corrected chi connectivity index (χ0v) is 25.6. The zero-order valence-electron chi connectivity index (χ0n) is 25.6. The van der Waals surface area contributed by atoms with Crippen LogP contribution < -0.4 is 10.6 Å². The lowest BCUT2D eigenvalue weighted by molar-refractivity contribution is -0.140. The maximum atomic E-state index is 14.3. The Kier molecular flexibility index (Phi) is 10.2. The summed E-state index contributed by atoms with van der Waals surface area (Å²) < 4.78 is 5.50. The third kappa shape index (κ3) is 8.44. The maximum Gasteiger partial charge on any atom is 0.408 e. The molecule has 0 heterocycles. The molecule has 0 aliphatic rings. The summed E-state index contributed by atoms with van der Waals surface area (Å²) in [6.45, 7) is 9.45. The number of benzene rings is 4. The number of ether oxygens (including phenoxy) is 1. The summed E-state index contributed by atoms with van der Waals surface area (Å²) >= 11 is 0. The monoisotopic (exact) mass is 579 g/mol. The number of alkyl carbamates (subject to hydrolysis) is 1. The van der Waals surface area contributed by atoms with Gasteiger partial charge in [-0.1, -0.05) is 91.9 Å². The van der Waals surface area contributed by atoms with Crippen molar-refractivity contribution in [3.05, 3.63) is 114 Å². The number of nitrogens with one attached hydrogen (secondary N) is 2. The van der Waals surface area contributed by atoms with E-state index in [1.54, 1.807) is 20.8 Å². The Morgan fingerprint density at radius 1 is 0.791 bits per heavy atom. The number of hydrogen-bond acceptors (Lipinski definition) is 4. The number of hydrogen-bond donors (Lipinski definition) is 2. The van der Waals surface area contributed by atoms with Gasteiger partial charge in [0, 0.05) is 18.7 Å². The second-order valence-corrected chi connectivity index (χ2v) is 11.6. The van der Waals surface area contributed by atoms with Crippen LogP contribution in [0, 0.1) is 0 Å². The molecule has 2 unspecified atom stereocenters. The lowest BCUT2D eigenvalue weighted by atomic mass is 9.99. The van der Waals surface area contributed by atoms with Crippen molar-refractivity contribution in [1.29, 1.82) is 0 Å². The van der Waals surface area contributed by atoms with Crippen LogP contribution in [0.25, 0.3) is 10.8 Å². The summed E-state index contributed by atoms with van der Waals surface area (Å²) in [4.78, 5) is 42.8. The van der Waals surface area contributed by atoms with Crippen LogP contribution in [-0.4, -0.2) is 41.0 Å². The lowest BCUT2D eigenvalue weighted by Gasteiger charge is -2.34. The number of likely N-dealkylation sites (N-methyl/N-ethyl adjacent to an activating group) is 1. The van der Waals surface area contributed by atoms with Crippen LogP contribution in [0.5, 0.6) is 0 Å². The number of rotatable bonds is 10. The lowest BCUT2D eigenvalue weighted by Crippen LogP contribution is -2.53. The van der Waals surface area contributed by atoms with Gasteiger partial charge < -0.3 is 20.3 Å². The Labute approximate surface area is 254 Å². The first-order chi connectivity index (χ1) is 20.6. The van der Waals surface area contributed by atoms with Crippen LogP contribution in [0.1, 0.15) is 57.4 Å². The fourth-order valence-electron chi connectivity index (χ4n) is 5.05. The molecule has 43 heavy (non-hydrogen) atoms. The third-order valence-electron chi connectivity index (χ3n) is 7.18. The molecule has 4 aromatic rings. The van der Waals surface area contributed by atoms with Gasteiger partial charge >= 0.3 is 6.09 Å². The molecule has 0 fully saturated rings. The summed E-state index contributed by atoms with van der Waals surface area (Å²) in [5.41, 5.74) is 2.58. The van der Waals surface area contributed by atoms with Crippen LogP contribution in [0.3, 0.4) is 0 Å². The predicted molar refractivity (Wildman–Crippen MR) is 172 cm³/mol. The number of fused-ring (bicyclic) bond motifs is 1. The minimum absolute atomic E-state index is 0.239. The van der Waals surface area contributed by atoms with Crippen molar-refractivity contribution in [1.82, 2.24) is 10.2 Å². The van der Waals surface area contributed by atoms with Gasteiger partial charge in [0.15, 0.2) is 0 Å². The summed E-state index contributed by atoms with van der Waals surface area (Å²) in [5, 5.41) is 7.89. The molecule has 4 rings (SSSR count). The summed E-state index contributed by atoms with van der Waals surface area (Å²) in [5.74, 6) is -0.721. The molecular formula is C36H41N3O4. The number of anilines is 1. The highest BCUT2D eigenvalue weighted by molar-refractivity contribution is 6.00. The van der Waals surface area contributed by atoms with Gasteiger partial charge in [-0.05, 0) is 73.7 Å². The molecule has 2 N–H and O–H groups in total. The normalized spacial score (nSPS) is 12.7. The minimum atomic E-state index is -0.955. The van der Waals surface area contributed by atoms with Crippen LogP contribution in [-0.2, 0) is 27.2 Å². The van der Waals surface area contributed by atoms with E-state index in [1.165, 1.54) is 4.90 Å². The standard InChI is InChI=1S/C36H41N3O4/c1-6-25-17-19-28(20-18-25)32(33(40)37-30-22-21-27-15-11-12-16-29(27)24-30)39(7-2)34(41)31(23-26-13-9-8-10-14-26)38-35(42)43-36(3,4)5/h8-22,24,31-32H,6-7,23H2,1-5H3,(H,37,40)(H,38,42). The molecule has 0 aliphatic heterocycles. The Balaban J connectivity index is 1.69. The van der Waals surface area contributed by atoms with Crippen LogP contribution in [0.4, 0.5) is 10.5 Å². The van der Waals surface area contributed by atoms with Crippen LogP contribution in [0.2, 0.25) is 0 Å². The Morgan fingerprint density at radius 2 is 1.44 bits per heavy atom. The second-order valence-electron chi connectivity index (χ2n) is 11.6. The molecular weight excluding hydrogens is 538 g/mol. The highest BCUT2D eigenvalue weighted by Crippen LogP contribution is 2.27. The van der Waals surface area contributed by atoms with Crippen molar-refractivity contribution >= 4 is 34.4 Å². The number of amides is 3. The summed E-state index contributed by atoms with van der Waals surface area (Å²) in [7, 11) is 0. The van der Waals surface area contributed by atoms with Crippen molar-refractivity contribution in [2.45, 2.75) is 65.1 Å². The van der Waals surface area contributed by atoms with E-state index >= 15 is 0 Å². The topological polar surface area (TPSA) is 87.7 Å². The van der Waals surface area contributed by atoms with Gasteiger partial charge in [-0.25, -0.2) is 4.79 Å². The van der Waals surface area contributed by atoms with Crippen molar-refractivity contribution in [3.8, 4) is 0 Å². The first-order valence-electron chi connectivity index (χ1n) is 14.8. The van der Waals surface area contributed by atoms with Crippen molar-refractivity contribution in [3.63, 3.8) is 0 Å². The van der Waals surface area contributed by atoms with Crippen LogP contribution >= 0.6 is 0 Å². The average molecular weight is 580 g/mol. The Hall–Kier alpha value is -4.65. The SMILES string of the molecule is CCc1ccc(C(C(=O)Nc2ccc3ccccc3c2)N(CC)C(=O)C(Cc2ccccc2)NC(=O)OC(C)(C)C)cc1. The molecule has 224 valence electrons. The summed E-state index contributed by atoms with van der Waals surface area (Å²) in [6.07, 6.45) is 0.398. The fraction of sp³-hybridized carbons (Fsp3) is 0.306. The van der Waals surface area contributed by atoms with Gasteiger partial charge in [-0.15, -0.1) is 0 Å². The van der Waals surface area contributed by atoms with E-state index in [0.29, 0.717) is 11.3 Å². The van der Waals surface area contributed by atoms with E-state index in [9.17, 15) is 14.4 Å². The van der Waals surface area contributed by atoms with E-state index < -0.39 is 23.8 Å². The van der Waals surface area contributed by atoms with Gasteiger partial charge in [0.05, 0.1) is 0 Å². The van der Waals surface area contributed by atoms with Gasteiger partial charge in [0.1, 0.15) is 17.7 Å². The summed E-state index contributed by atoms with van der Waals surface area (Å²) in [6, 6.07) is 29.0. The highest BCUT2D eigenvalue weighted by Gasteiger charge is 2.35. The molecule has 2 atom stereocenters. The Bertz CT molecular complexity index is 1540. The fourth-order valence-corrected chi connectivity index (χ4v) is 5.05. The number of nitrogens with zero attached hydrogens (tertiary/aromatic N) is 1. The third-order valence-corrected chi connectivity index (χ3v) is 7.18. The first kappa shape index (κ1) is 31.3. The molecule has 0 bridgehead atoms. The van der Waals surface area contributed by atoms with Crippen molar-refractivity contribution < 1.29 is 19.1 Å².